The van der Waals surface area contributed by atoms with Crippen LogP contribution in [0.2, 0.25) is 0 Å². The maximum Gasteiger partial charge on any atom is 0.260 e. The highest BCUT2D eigenvalue weighted by Gasteiger charge is 2.23. The first-order valence-electron chi connectivity index (χ1n) is 9.08. The third-order valence-corrected chi connectivity index (χ3v) is 5.52. The summed E-state index contributed by atoms with van der Waals surface area (Å²) in [5.41, 5.74) is 1.06. The van der Waals surface area contributed by atoms with Gasteiger partial charge in [0, 0.05) is 30.7 Å². The number of hydrogen-bond donors (Lipinski definition) is 1. The molecule has 0 fully saturated rings. The van der Waals surface area contributed by atoms with Gasteiger partial charge in [0.25, 0.3) is 5.91 Å². The Hall–Kier alpha value is -2.71. The number of aromatic nitrogens is 1. The molecule has 0 bridgehead atoms. The van der Waals surface area contributed by atoms with Crippen LogP contribution in [0.4, 0.5) is 9.52 Å². The Morgan fingerprint density at radius 1 is 1.25 bits per heavy atom. The lowest BCUT2D eigenvalue weighted by Crippen LogP contribution is -3.05. The van der Waals surface area contributed by atoms with Gasteiger partial charge in [-0.25, -0.2) is 9.37 Å². The largest absolute Gasteiger partial charge is 0.454 e. The zero-order chi connectivity index (χ0) is 19.7. The Kier molecular flexibility index (Phi) is 5.15. The first kappa shape index (κ1) is 18.6. The van der Waals surface area contributed by atoms with Crippen LogP contribution in [0, 0.1) is 5.82 Å². The standard InChI is InChI=1S/C20H20FN3O3S/c1-23(2)7-4-8-24(19(25)13-5-3-6-14(21)9-13)20-22-15-10-16-17(27-12-26-16)11-18(15)28-20/h3,5-6,9-11H,4,7-8,12H2,1-2H3/p+1. The summed E-state index contributed by atoms with van der Waals surface area (Å²) in [5.74, 6) is 0.649. The van der Waals surface area contributed by atoms with E-state index >= 15 is 0 Å². The summed E-state index contributed by atoms with van der Waals surface area (Å²) in [6.07, 6.45) is 0.808. The predicted molar refractivity (Wildman–Crippen MR) is 106 cm³/mol. The van der Waals surface area contributed by atoms with E-state index in [-0.39, 0.29) is 12.7 Å². The van der Waals surface area contributed by atoms with Gasteiger partial charge < -0.3 is 14.4 Å². The Balaban J connectivity index is 1.68. The average Bonchev–Trinajstić information content (AvgIpc) is 3.28. The van der Waals surface area contributed by atoms with Crippen LogP contribution in [0.15, 0.2) is 36.4 Å². The lowest BCUT2D eigenvalue weighted by molar-refractivity contribution is -0.858. The van der Waals surface area contributed by atoms with Crippen LogP contribution >= 0.6 is 11.3 Å². The third-order valence-electron chi connectivity index (χ3n) is 4.48. The van der Waals surface area contributed by atoms with Gasteiger partial charge in [-0.05, 0) is 18.2 Å². The van der Waals surface area contributed by atoms with Gasteiger partial charge in [0.2, 0.25) is 6.79 Å². The number of ether oxygens (including phenoxy) is 2. The van der Waals surface area contributed by atoms with Crippen molar-refractivity contribution in [1.82, 2.24) is 4.98 Å². The Bertz CT molecular complexity index is 980. The highest BCUT2D eigenvalue weighted by Crippen LogP contribution is 2.40. The topological polar surface area (TPSA) is 56.1 Å². The van der Waals surface area contributed by atoms with Gasteiger partial charge in [-0.3, -0.25) is 9.69 Å². The van der Waals surface area contributed by atoms with E-state index in [1.165, 1.54) is 28.4 Å². The molecule has 8 heteroatoms. The molecule has 4 rings (SSSR count). The smallest absolute Gasteiger partial charge is 0.260 e. The lowest BCUT2D eigenvalue weighted by atomic mass is 10.2. The van der Waals surface area contributed by atoms with Gasteiger partial charge in [-0.2, -0.15) is 0 Å². The number of nitrogens with zero attached hydrogens (tertiary/aromatic N) is 2. The van der Waals surface area contributed by atoms with Gasteiger partial charge in [0.1, 0.15) is 5.82 Å². The zero-order valence-corrected chi connectivity index (χ0v) is 16.5. The number of thiazole rings is 1. The Labute approximate surface area is 166 Å². The molecule has 1 aliphatic heterocycles. The van der Waals surface area contributed by atoms with Crippen LogP contribution in [-0.2, 0) is 0 Å². The number of halogens is 1. The van der Waals surface area contributed by atoms with E-state index in [2.05, 4.69) is 19.1 Å². The molecule has 0 aliphatic carbocycles. The zero-order valence-electron chi connectivity index (χ0n) is 15.7. The molecule has 0 saturated carbocycles. The highest BCUT2D eigenvalue weighted by molar-refractivity contribution is 7.22. The molecular formula is C20H21FN3O3S+. The number of nitrogens with one attached hydrogen (secondary N) is 1. The van der Waals surface area contributed by atoms with E-state index in [0.717, 1.165) is 23.2 Å². The van der Waals surface area contributed by atoms with Crippen LogP contribution in [0.5, 0.6) is 11.5 Å². The molecule has 146 valence electrons. The van der Waals surface area contributed by atoms with Crippen molar-refractivity contribution in [3.05, 3.63) is 47.8 Å². The lowest BCUT2D eigenvalue weighted by Gasteiger charge is -2.20. The number of benzene rings is 2. The first-order chi connectivity index (χ1) is 13.5. The second kappa shape index (κ2) is 7.73. The molecule has 1 amide bonds. The van der Waals surface area contributed by atoms with Gasteiger partial charge in [0.15, 0.2) is 16.6 Å². The molecule has 1 N–H and O–H groups in total. The summed E-state index contributed by atoms with van der Waals surface area (Å²) >= 11 is 1.42. The SMILES string of the molecule is C[NH+](C)CCCN(C(=O)c1cccc(F)c1)c1nc2cc3c(cc2s1)OCO3. The molecule has 28 heavy (non-hydrogen) atoms. The average molecular weight is 402 g/mol. The summed E-state index contributed by atoms with van der Waals surface area (Å²) < 4.78 is 25.4. The van der Waals surface area contributed by atoms with Crippen molar-refractivity contribution in [1.29, 1.82) is 0 Å². The number of quaternary nitrogens is 1. The first-order valence-corrected chi connectivity index (χ1v) is 9.89. The Morgan fingerprint density at radius 3 is 2.79 bits per heavy atom. The van der Waals surface area contributed by atoms with Crippen LogP contribution in [0.25, 0.3) is 10.2 Å². The van der Waals surface area contributed by atoms with Crippen molar-refractivity contribution >= 4 is 32.6 Å². The van der Waals surface area contributed by atoms with Crippen molar-refractivity contribution < 1.29 is 23.6 Å². The number of carbonyl (C=O) groups excluding carboxylic acids is 1. The summed E-state index contributed by atoms with van der Waals surface area (Å²) in [7, 11) is 4.13. The fraction of sp³-hybridized carbons (Fsp3) is 0.300. The van der Waals surface area contributed by atoms with E-state index in [4.69, 9.17) is 9.47 Å². The Morgan fingerprint density at radius 2 is 2.04 bits per heavy atom. The normalized spacial score (nSPS) is 12.7. The molecular weight excluding hydrogens is 381 g/mol. The molecule has 2 aromatic carbocycles. The van der Waals surface area contributed by atoms with Crippen molar-refractivity contribution in [3.63, 3.8) is 0 Å². The quantitative estimate of drug-likeness (QED) is 0.688. The molecule has 0 saturated heterocycles. The minimum Gasteiger partial charge on any atom is -0.454 e. The molecule has 2 heterocycles. The van der Waals surface area contributed by atoms with Crippen LogP contribution in [0.1, 0.15) is 16.8 Å². The molecule has 1 aromatic heterocycles. The third kappa shape index (κ3) is 3.79. The van der Waals surface area contributed by atoms with Crippen LogP contribution < -0.4 is 19.3 Å². The van der Waals surface area contributed by atoms with Crippen molar-refractivity contribution in [3.8, 4) is 11.5 Å². The minimum atomic E-state index is -0.432. The summed E-state index contributed by atoms with van der Waals surface area (Å²) in [5, 5.41) is 0.585. The van der Waals surface area contributed by atoms with Gasteiger partial charge in [-0.1, -0.05) is 17.4 Å². The minimum absolute atomic E-state index is 0.205. The number of rotatable bonds is 6. The van der Waals surface area contributed by atoms with E-state index in [0.29, 0.717) is 28.7 Å². The molecule has 1 aliphatic rings. The second-order valence-corrected chi connectivity index (χ2v) is 7.96. The highest BCUT2D eigenvalue weighted by atomic mass is 32.1. The van der Waals surface area contributed by atoms with Crippen molar-refractivity contribution in [2.24, 2.45) is 0 Å². The summed E-state index contributed by atoms with van der Waals surface area (Å²) in [6.45, 7) is 1.62. The van der Waals surface area contributed by atoms with E-state index in [1.807, 2.05) is 12.1 Å². The number of amides is 1. The maximum atomic E-state index is 13.6. The van der Waals surface area contributed by atoms with Crippen molar-refractivity contribution in [2.45, 2.75) is 6.42 Å². The second-order valence-electron chi connectivity index (χ2n) is 6.95. The molecule has 3 aromatic rings. The fourth-order valence-electron chi connectivity index (χ4n) is 3.07. The fourth-order valence-corrected chi connectivity index (χ4v) is 4.07. The van der Waals surface area contributed by atoms with Crippen LogP contribution in [0.3, 0.4) is 0 Å². The predicted octanol–water partition coefficient (Wildman–Crippen LogP) is 2.35. The van der Waals surface area contributed by atoms with Crippen molar-refractivity contribution in [2.75, 3.05) is 38.9 Å². The number of hydrogen-bond acceptors (Lipinski definition) is 5. The van der Waals surface area contributed by atoms with Gasteiger partial charge >= 0.3 is 0 Å². The van der Waals surface area contributed by atoms with E-state index < -0.39 is 5.82 Å². The number of carbonyl (C=O) groups is 1. The number of fused-ring (bicyclic) bond motifs is 2. The monoisotopic (exact) mass is 402 g/mol. The van der Waals surface area contributed by atoms with Crippen LogP contribution in [-0.4, -0.2) is 44.9 Å². The molecule has 0 radical (unpaired) electrons. The maximum absolute atomic E-state index is 13.6. The van der Waals surface area contributed by atoms with Gasteiger partial charge in [-0.15, -0.1) is 0 Å². The molecule has 0 unspecified atom stereocenters. The van der Waals surface area contributed by atoms with E-state index in [9.17, 15) is 9.18 Å². The summed E-state index contributed by atoms with van der Waals surface area (Å²) in [6, 6.07) is 9.47. The summed E-state index contributed by atoms with van der Waals surface area (Å²) in [4.78, 5) is 20.7. The number of anilines is 1. The molecule has 0 atom stereocenters. The molecule has 6 nitrogen and oxygen atoms in total. The van der Waals surface area contributed by atoms with E-state index in [1.54, 1.807) is 17.0 Å². The van der Waals surface area contributed by atoms with Gasteiger partial charge in [0.05, 0.1) is 30.9 Å². The molecule has 0 spiro atoms.